The van der Waals surface area contributed by atoms with Crippen LogP contribution in [-0.4, -0.2) is 19.9 Å². The number of rotatable bonds is 0. The number of aromatic amines is 1. The summed E-state index contributed by atoms with van der Waals surface area (Å²) in [7, 11) is 0. The lowest BCUT2D eigenvalue weighted by molar-refractivity contribution is 0.994. The zero-order valence-electron chi connectivity index (χ0n) is 5.13. The number of hydrogen-bond donors (Lipinski definition) is 1. The number of fused-ring (bicyclic) bond motifs is 1. The SMILES string of the molecule is c1nc2c3[nH]c(nc3n1)C2. The average molecular weight is 132 g/mol. The van der Waals surface area contributed by atoms with Crippen molar-refractivity contribution in [1.82, 2.24) is 19.9 Å². The van der Waals surface area contributed by atoms with Crippen molar-refractivity contribution < 1.29 is 0 Å². The van der Waals surface area contributed by atoms with Gasteiger partial charge < -0.3 is 4.98 Å². The Hall–Kier alpha value is -1.45. The van der Waals surface area contributed by atoms with E-state index in [2.05, 4.69) is 19.9 Å². The number of nitrogens with one attached hydrogen (secondary N) is 1. The third kappa shape index (κ3) is 0.335. The van der Waals surface area contributed by atoms with Crippen LogP contribution < -0.4 is 0 Å². The largest absolute Gasteiger partial charge is 0.339 e. The molecule has 2 aromatic heterocycles. The molecule has 2 aromatic rings. The Kier molecular flexibility index (Phi) is 0.518. The van der Waals surface area contributed by atoms with Gasteiger partial charge in [-0.15, -0.1) is 0 Å². The van der Waals surface area contributed by atoms with Crippen LogP contribution in [0.2, 0.25) is 0 Å². The van der Waals surface area contributed by atoms with Gasteiger partial charge in [0.2, 0.25) is 0 Å². The molecule has 4 heteroatoms. The highest BCUT2D eigenvalue weighted by atomic mass is 15.0. The molecule has 0 amide bonds. The molecule has 0 saturated heterocycles. The molecule has 1 N–H and O–H groups in total. The Labute approximate surface area is 56.3 Å². The summed E-state index contributed by atoms with van der Waals surface area (Å²) in [6.45, 7) is 0. The van der Waals surface area contributed by atoms with Crippen molar-refractivity contribution in [2.45, 2.75) is 6.42 Å². The van der Waals surface area contributed by atoms with Crippen LogP contribution in [0.25, 0.3) is 11.2 Å². The third-order valence-corrected chi connectivity index (χ3v) is 1.75. The van der Waals surface area contributed by atoms with Gasteiger partial charge in [-0.3, -0.25) is 0 Å². The van der Waals surface area contributed by atoms with E-state index in [1.165, 1.54) is 0 Å². The highest BCUT2D eigenvalue weighted by Crippen LogP contribution is 2.20. The van der Waals surface area contributed by atoms with Crippen LogP contribution >= 0.6 is 0 Å². The second-order valence-corrected chi connectivity index (χ2v) is 2.38. The van der Waals surface area contributed by atoms with Gasteiger partial charge in [0.1, 0.15) is 17.7 Å². The molecule has 10 heavy (non-hydrogen) atoms. The fraction of sp³-hybridized carbons (Fsp3) is 0.167. The molecule has 0 unspecified atom stereocenters. The molecule has 1 aliphatic rings. The van der Waals surface area contributed by atoms with Crippen LogP contribution in [0.4, 0.5) is 0 Å². The quantitative estimate of drug-likeness (QED) is 0.477. The van der Waals surface area contributed by atoms with E-state index in [0.29, 0.717) is 0 Å². The Morgan fingerprint density at radius 2 is 2.40 bits per heavy atom. The van der Waals surface area contributed by atoms with E-state index in [0.717, 1.165) is 29.1 Å². The summed E-state index contributed by atoms with van der Waals surface area (Å²) in [6.07, 6.45) is 2.41. The maximum atomic E-state index is 4.18. The fourth-order valence-electron chi connectivity index (χ4n) is 1.30. The molecule has 2 bridgehead atoms. The summed E-state index contributed by atoms with van der Waals surface area (Å²) in [6, 6.07) is 0. The first-order valence-corrected chi connectivity index (χ1v) is 3.12. The monoisotopic (exact) mass is 132 g/mol. The van der Waals surface area contributed by atoms with E-state index in [-0.39, 0.29) is 0 Å². The summed E-state index contributed by atoms with van der Waals surface area (Å²) < 4.78 is 0. The molecular formula is C6H4N4. The number of aromatic nitrogens is 4. The second kappa shape index (κ2) is 1.18. The fourth-order valence-corrected chi connectivity index (χ4v) is 1.30. The number of nitrogens with zero attached hydrogens (tertiary/aromatic N) is 3. The Morgan fingerprint density at radius 1 is 1.40 bits per heavy atom. The Bertz CT molecular complexity index is 399. The molecule has 4 nitrogen and oxygen atoms in total. The van der Waals surface area contributed by atoms with Crippen LogP contribution in [0.1, 0.15) is 11.5 Å². The van der Waals surface area contributed by atoms with E-state index < -0.39 is 0 Å². The van der Waals surface area contributed by atoms with Crippen molar-refractivity contribution in [2.75, 3.05) is 0 Å². The first-order valence-electron chi connectivity index (χ1n) is 3.12. The molecule has 0 radical (unpaired) electrons. The molecular weight excluding hydrogens is 128 g/mol. The predicted molar refractivity (Wildman–Crippen MR) is 34.5 cm³/mol. The van der Waals surface area contributed by atoms with Gasteiger partial charge in [0.15, 0.2) is 5.65 Å². The maximum absolute atomic E-state index is 4.18. The minimum Gasteiger partial charge on any atom is -0.339 e. The molecule has 3 rings (SSSR count). The van der Waals surface area contributed by atoms with Crippen molar-refractivity contribution >= 4 is 11.2 Å². The molecule has 0 aliphatic carbocycles. The van der Waals surface area contributed by atoms with Gasteiger partial charge in [-0.1, -0.05) is 0 Å². The molecule has 0 fully saturated rings. The van der Waals surface area contributed by atoms with Crippen molar-refractivity contribution in [3.8, 4) is 0 Å². The van der Waals surface area contributed by atoms with Gasteiger partial charge in [-0.25, -0.2) is 15.0 Å². The summed E-state index contributed by atoms with van der Waals surface area (Å²) in [4.78, 5) is 15.4. The molecule has 0 aromatic carbocycles. The lowest BCUT2D eigenvalue weighted by Crippen LogP contribution is -1.94. The predicted octanol–water partition coefficient (Wildman–Crippen LogP) is 0.257. The summed E-state index contributed by atoms with van der Waals surface area (Å²) >= 11 is 0. The van der Waals surface area contributed by atoms with Gasteiger partial charge in [-0.2, -0.15) is 0 Å². The van der Waals surface area contributed by atoms with E-state index >= 15 is 0 Å². The van der Waals surface area contributed by atoms with E-state index in [4.69, 9.17) is 0 Å². The zero-order valence-corrected chi connectivity index (χ0v) is 5.13. The molecule has 1 aliphatic heterocycles. The molecule has 0 spiro atoms. The lowest BCUT2D eigenvalue weighted by atomic mass is 10.3. The Morgan fingerprint density at radius 3 is 3.10 bits per heavy atom. The van der Waals surface area contributed by atoms with Crippen molar-refractivity contribution in [2.24, 2.45) is 0 Å². The molecule has 48 valence electrons. The van der Waals surface area contributed by atoms with E-state index in [1.807, 2.05) is 0 Å². The van der Waals surface area contributed by atoms with Crippen molar-refractivity contribution in [1.29, 1.82) is 0 Å². The van der Waals surface area contributed by atoms with Crippen LogP contribution in [0, 0.1) is 0 Å². The maximum Gasteiger partial charge on any atom is 0.181 e. The molecule has 0 saturated carbocycles. The topological polar surface area (TPSA) is 54.5 Å². The standard InChI is InChI=1S/C6H4N4/c1-3-5-6(8-2-7-3)10-4(1)9-5/h2H,1H2,(H,7,8,9,10). The van der Waals surface area contributed by atoms with E-state index in [1.54, 1.807) is 6.33 Å². The highest BCUT2D eigenvalue weighted by Gasteiger charge is 2.17. The van der Waals surface area contributed by atoms with Gasteiger partial charge in [0, 0.05) is 0 Å². The number of hydrogen-bond acceptors (Lipinski definition) is 3. The van der Waals surface area contributed by atoms with Gasteiger partial charge in [-0.05, 0) is 0 Å². The van der Waals surface area contributed by atoms with Gasteiger partial charge in [0.05, 0.1) is 12.1 Å². The van der Waals surface area contributed by atoms with Crippen LogP contribution in [0.3, 0.4) is 0 Å². The van der Waals surface area contributed by atoms with Crippen LogP contribution in [0.5, 0.6) is 0 Å². The number of imidazole rings is 1. The zero-order chi connectivity index (χ0) is 6.55. The molecule has 0 atom stereocenters. The summed E-state index contributed by atoms with van der Waals surface area (Å²) in [5.74, 6) is 0.987. The highest BCUT2D eigenvalue weighted by molar-refractivity contribution is 5.76. The van der Waals surface area contributed by atoms with Crippen LogP contribution in [-0.2, 0) is 6.42 Å². The van der Waals surface area contributed by atoms with Gasteiger partial charge >= 0.3 is 0 Å². The third-order valence-electron chi connectivity index (χ3n) is 1.75. The lowest BCUT2D eigenvalue weighted by Gasteiger charge is -1.94. The van der Waals surface area contributed by atoms with Gasteiger partial charge in [0.25, 0.3) is 0 Å². The number of H-pyrrole nitrogens is 1. The smallest absolute Gasteiger partial charge is 0.181 e. The summed E-state index contributed by atoms with van der Waals surface area (Å²) in [5, 5.41) is 0. The van der Waals surface area contributed by atoms with Crippen molar-refractivity contribution in [3.05, 3.63) is 17.8 Å². The first-order chi connectivity index (χ1) is 4.93. The van der Waals surface area contributed by atoms with E-state index in [9.17, 15) is 0 Å². The Balaban J connectivity index is 2.69. The normalized spacial score (nSPS) is 13.6. The average Bonchev–Trinajstić information content (AvgIpc) is 2.40. The molecule has 3 heterocycles. The first kappa shape index (κ1) is 4.38. The minimum atomic E-state index is 0.797. The van der Waals surface area contributed by atoms with Crippen LogP contribution in [0.15, 0.2) is 6.33 Å². The van der Waals surface area contributed by atoms with Crippen molar-refractivity contribution in [3.63, 3.8) is 0 Å². The summed E-state index contributed by atoms with van der Waals surface area (Å²) in [5.41, 5.74) is 2.89. The minimum absolute atomic E-state index is 0.797. The second-order valence-electron chi connectivity index (χ2n) is 2.38.